The maximum absolute atomic E-state index is 12.5. The van der Waals surface area contributed by atoms with Gasteiger partial charge in [-0.1, -0.05) is 18.2 Å². The van der Waals surface area contributed by atoms with Crippen molar-refractivity contribution in [1.29, 1.82) is 0 Å². The second kappa shape index (κ2) is 10.4. The molecule has 0 atom stereocenters. The molecule has 8 nitrogen and oxygen atoms in total. The molecule has 1 aliphatic rings. The number of nitrogens with zero attached hydrogens (tertiary/aromatic N) is 1. The van der Waals surface area contributed by atoms with E-state index in [1.54, 1.807) is 17.0 Å². The summed E-state index contributed by atoms with van der Waals surface area (Å²) in [5.41, 5.74) is 0.287. The predicted octanol–water partition coefficient (Wildman–Crippen LogP) is 2.07. The molecule has 1 N–H and O–H groups in total. The number of rotatable bonds is 8. The van der Waals surface area contributed by atoms with E-state index in [0.717, 1.165) is 0 Å². The molecule has 1 heterocycles. The molecule has 1 aliphatic heterocycles. The quantitative estimate of drug-likeness (QED) is 0.623. The fourth-order valence-electron chi connectivity index (χ4n) is 3.34. The average molecular weight is 447 g/mol. The van der Waals surface area contributed by atoms with Crippen molar-refractivity contribution in [3.05, 3.63) is 60.2 Å². The topological polar surface area (TPSA) is 102 Å². The molecule has 1 saturated heterocycles. The minimum atomic E-state index is -3.68. The van der Waals surface area contributed by atoms with E-state index in [9.17, 15) is 18.0 Å². The van der Waals surface area contributed by atoms with Gasteiger partial charge in [-0.25, -0.2) is 17.9 Å². The standard InChI is InChI=1S/C22H26N2O6S/c1-29-22(26)18-7-9-20(10-8-18)31(27,28)23-15-17-11-13-24(14-12-17)21(25)16-30-19-5-3-2-4-6-19/h2-10,17,23H,11-16H2,1H3. The molecule has 0 unspecified atom stereocenters. The highest BCUT2D eigenvalue weighted by molar-refractivity contribution is 7.89. The van der Waals surface area contributed by atoms with Crippen molar-refractivity contribution < 1.29 is 27.5 Å². The molecule has 2 aromatic rings. The monoisotopic (exact) mass is 446 g/mol. The number of sulfonamides is 1. The number of nitrogens with one attached hydrogen (secondary N) is 1. The van der Waals surface area contributed by atoms with Crippen LogP contribution in [0.4, 0.5) is 0 Å². The van der Waals surface area contributed by atoms with Crippen LogP contribution < -0.4 is 9.46 Å². The Balaban J connectivity index is 1.44. The van der Waals surface area contributed by atoms with Crippen LogP contribution in [0.25, 0.3) is 0 Å². The number of esters is 1. The lowest BCUT2D eigenvalue weighted by molar-refractivity contribution is -0.134. The molecule has 0 saturated carbocycles. The first-order valence-electron chi connectivity index (χ1n) is 10.0. The van der Waals surface area contributed by atoms with Crippen LogP contribution in [-0.4, -0.2) is 58.5 Å². The fraction of sp³-hybridized carbons (Fsp3) is 0.364. The Hall–Kier alpha value is -2.91. The van der Waals surface area contributed by atoms with Gasteiger partial charge >= 0.3 is 5.97 Å². The molecule has 0 aliphatic carbocycles. The van der Waals surface area contributed by atoms with Gasteiger partial charge in [-0.05, 0) is 55.2 Å². The SMILES string of the molecule is COC(=O)c1ccc(S(=O)(=O)NCC2CCN(C(=O)COc3ccccc3)CC2)cc1. The van der Waals surface area contributed by atoms with Crippen LogP contribution in [0.2, 0.25) is 0 Å². The predicted molar refractivity (Wildman–Crippen MR) is 114 cm³/mol. The normalized spacial score (nSPS) is 14.8. The van der Waals surface area contributed by atoms with E-state index in [2.05, 4.69) is 9.46 Å². The summed E-state index contributed by atoms with van der Waals surface area (Å²) in [6, 6.07) is 14.8. The van der Waals surface area contributed by atoms with E-state index < -0.39 is 16.0 Å². The number of para-hydroxylation sites is 1. The molecule has 1 fully saturated rings. The summed E-state index contributed by atoms with van der Waals surface area (Å²) in [6.07, 6.45) is 1.42. The highest BCUT2D eigenvalue weighted by Crippen LogP contribution is 2.19. The third kappa shape index (κ3) is 6.28. The average Bonchev–Trinajstić information content (AvgIpc) is 2.82. The number of carbonyl (C=O) groups excluding carboxylic acids is 2. The number of hydrogen-bond acceptors (Lipinski definition) is 6. The maximum Gasteiger partial charge on any atom is 0.337 e. The summed E-state index contributed by atoms with van der Waals surface area (Å²) in [7, 11) is -2.41. The molecule has 3 rings (SSSR count). The third-order valence-corrected chi connectivity index (χ3v) is 6.66. The van der Waals surface area contributed by atoms with Crippen LogP contribution >= 0.6 is 0 Å². The zero-order valence-electron chi connectivity index (χ0n) is 17.3. The van der Waals surface area contributed by atoms with Crippen LogP contribution in [0, 0.1) is 5.92 Å². The van der Waals surface area contributed by atoms with Gasteiger partial charge in [0.15, 0.2) is 6.61 Å². The lowest BCUT2D eigenvalue weighted by Gasteiger charge is -2.32. The molecular formula is C22H26N2O6S. The van der Waals surface area contributed by atoms with E-state index in [1.165, 1.54) is 31.4 Å². The molecular weight excluding hydrogens is 420 g/mol. The van der Waals surface area contributed by atoms with Gasteiger partial charge in [0.05, 0.1) is 17.6 Å². The lowest BCUT2D eigenvalue weighted by atomic mass is 9.97. The summed E-state index contributed by atoms with van der Waals surface area (Å²) < 4.78 is 37.8. The lowest BCUT2D eigenvalue weighted by Crippen LogP contribution is -2.43. The molecule has 0 spiro atoms. The second-order valence-electron chi connectivity index (χ2n) is 7.29. The van der Waals surface area contributed by atoms with Gasteiger partial charge in [0.2, 0.25) is 10.0 Å². The molecule has 2 aromatic carbocycles. The highest BCUT2D eigenvalue weighted by Gasteiger charge is 2.25. The number of amides is 1. The van der Waals surface area contributed by atoms with E-state index in [-0.39, 0.29) is 28.9 Å². The van der Waals surface area contributed by atoms with Gasteiger partial charge in [-0.15, -0.1) is 0 Å². The van der Waals surface area contributed by atoms with Gasteiger partial charge < -0.3 is 14.4 Å². The summed E-state index contributed by atoms with van der Waals surface area (Å²) in [5.74, 6) is 0.198. The second-order valence-corrected chi connectivity index (χ2v) is 9.06. The van der Waals surface area contributed by atoms with Gasteiger partial charge in [-0.2, -0.15) is 0 Å². The Morgan fingerprint density at radius 3 is 2.29 bits per heavy atom. The Morgan fingerprint density at radius 1 is 1.03 bits per heavy atom. The van der Waals surface area contributed by atoms with Crippen molar-refractivity contribution in [1.82, 2.24) is 9.62 Å². The van der Waals surface area contributed by atoms with Crippen molar-refractivity contribution in [3.63, 3.8) is 0 Å². The van der Waals surface area contributed by atoms with Crippen molar-refractivity contribution in [2.45, 2.75) is 17.7 Å². The first kappa shape index (κ1) is 22.8. The maximum atomic E-state index is 12.5. The van der Waals surface area contributed by atoms with Crippen molar-refractivity contribution in [3.8, 4) is 5.75 Å². The van der Waals surface area contributed by atoms with Crippen LogP contribution in [0.3, 0.4) is 0 Å². The molecule has 0 radical (unpaired) electrons. The molecule has 166 valence electrons. The van der Waals surface area contributed by atoms with E-state index in [0.29, 0.717) is 38.2 Å². The Labute approximate surface area is 182 Å². The van der Waals surface area contributed by atoms with Gasteiger partial charge in [0, 0.05) is 19.6 Å². The smallest absolute Gasteiger partial charge is 0.337 e. The number of ether oxygens (including phenoxy) is 2. The van der Waals surface area contributed by atoms with E-state index >= 15 is 0 Å². The first-order valence-corrected chi connectivity index (χ1v) is 11.5. The van der Waals surface area contributed by atoms with Crippen LogP contribution in [0.1, 0.15) is 23.2 Å². The molecule has 1 amide bonds. The van der Waals surface area contributed by atoms with Gasteiger partial charge in [-0.3, -0.25) is 4.79 Å². The summed E-state index contributed by atoms with van der Waals surface area (Å²) in [5, 5.41) is 0. The number of methoxy groups -OCH3 is 1. The Kier molecular flexibility index (Phi) is 7.64. The number of hydrogen-bond donors (Lipinski definition) is 1. The third-order valence-electron chi connectivity index (χ3n) is 5.22. The number of likely N-dealkylation sites (tertiary alicyclic amines) is 1. The highest BCUT2D eigenvalue weighted by atomic mass is 32.2. The van der Waals surface area contributed by atoms with Crippen molar-refractivity contribution >= 4 is 21.9 Å². The number of piperidine rings is 1. The van der Waals surface area contributed by atoms with Crippen molar-refractivity contribution in [2.24, 2.45) is 5.92 Å². The van der Waals surface area contributed by atoms with Crippen LogP contribution in [0.15, 0.2) is 59.5 Å². The first-order chi connectivity index (χ1) is 14.9. The molecule has 0 aromatic heterocycles. The van der Waals surface area contributed by atoms with Gasteiger partial charge in [0.1, 0.15) is 5.75 Å². The number of carbonyl (C=O) groups is 2. The summed E-state index contributed by atoms with van der Waals surface area (Å²) in [6.45, 7) is 1.42. The molecule has 9 heteroatoms. The Bertz CT molecular complexity index is 984. The van der Waals surface area contributed by atoms with Crippen LogP contribution in [0.5, 0.6) is 5.75 Å². The van der Waals surface area contributed by atoms with Crippen LogP contribution in [-0.2, 0) is 19.6 Å². The van der Waals surface area contributed by atoms with Gasteiger partial charge in [0.25, 0.3) is 5.91 Å². The minimum Gasteiger partial charge on any atom is -0.484 e. The summed E-state index contributed by atoms with van der Waals surface area (Å²) in [4.78, 5) is 25.6. The van der Waals surface area contributed by atoms with E-state index in [1.807, 2.05) is 18.2 Å². The molecule has 0 bridgehead atoms. The van der Waals surface area contributed by atoms with E-state index in [4.69, 9.17) is 4.74 Å². The van der Waals surface area contributed by atoms with Crippen molar-refractivity contribution in [2.75, 3.05) is 33.4 Å². The zero-order chi connectivity index (χ0) is 22.3. The minimum absolute atomic E-state index is 0.0110. The fourth-order valence-corrected chi connectivity index (χ4v) is 4.45. The zero-order valence-corrected chi connectivity index (χ0v) is 18.1. The molecule has 31 heavy (non-hydrogen) atoms. The summed E-state index contributed by atoms with van der Waals surface area (Å²) >= 11 is 0. The Morgan fingerprint density at radius 2 is 1.68 bits per heavy atom. The largest absolute Gasteiger partial charge is 0.484 e. The number of benzene rings is 2.